The van der Waals surface area contributed by atoms with E-state index in [-0.39, 0.29) is 5.91 Å². The first-order valence-electron chi connectivity index (χ1n) is 7.82. The van der Waals surface area contributed by atoms with E-state index in [2.05, 4.69) is 16.7 Å². The molecule has 0 aliphatic carbocycles. The summed E-state index contributed by atoms with van der Waals surface area (Å²) in [7, 11) is 0. The van der Waals surface area contributed by atoms with E-state index in [9.17, 15) is 4.79 Å². The van der Waals surface area contributed by atoms with Gasteiger partial charge in [0, 0.05) is 13.0 Å². The van der Waals surface area contributed by atoms with Crippen LogP contribution in [0.15, 0.2) is 0 Å². The SMILES string of the molecule is O=C1CCCN1CC#CCN1CCCCCCCC1. The predicted octanol–water partition coefficient (Wildman–Crippen LogP) is 2.27. The van der Waals surface area contributed by atoms with E-state index in [4.69, 9.17) is 0 Å². The summed E-state index contributed by atoms with van der Waals surface area (Å²) in [5.74, 6) is 6.70. The number of likely N-dealkylation sites (tertiary alicyclic amines) is 1. The van der Waals surface area contributed by atoms with Crippen LogP contribution in [0.5, 0.6) is 0 Å². The molecule has 0 spiro atoms. The van der Waals surface area contributed by atoms with Crippen molar-refractivity contribution in [1.82, 2.24) is 9.80 Å². The lowest BCUT2D eigenvalue weighted by molar-refractivity contribution is -0.127. The van der Waals surface area contributed by atoms with Crippen molar-refractivity contribution in [3.63, 3.8) is 0 Å². The topological polar surface area (TPSA) is 23.6 Å². The summed E-state index contributed by atoms with van der Waals surface area (Å²) in [5.41, 5.74) is 0. The molecule has 0 aromatic rings. The molecule has 2 fully saturated rings. The molecule has 0 radical (unpaired) electrons. The minimum absolute atomic E-state index is 0.275. The van der Waals surface area contributed by atoms with Crippen molar-refractivity contribution in [3.05, 3.63) is 0 Å². The number of hydrogen-bond donors (Lipinski definition) is 0. The summed E-state index contributed by atoms with van der Waals surface area (Å²) < 4.78 is 0. The zero-order valence-corrected chi connectivity index (χ0v) is 12.0. The molecule has 2 rings (SSSR count). The Morgan fingerprint density at radius 2 is 1.42 bits per heavy atom. The Kier molecular flexibility index (Phi) is 6.23. The van der Waals surface area contributed by atoms with Gasteiger partial charge in [-0.15, -0.1) is 0 Å². The molecule has 1 amide bonds. The van der Waals surface area contributed by atoms with Gasteiger partial charge in [0.1, 0.15) is 0 Å². The minimum Gasteiger partial charge on any atom is -0.332 e. The average molecular weight is 262 g/mol. The molecule has 0 aromatic heterocycles. The molecule has 0 aromatic carbocycles. The van der Waals surface area contributed by atoms with Crippen molar-refractivity contribution in [2.75, 3.05) is 32.7 Å². The molecule has 0 saturated carbocycles. The third-order valence-corrected chi connectivity index (χ3v) is 4.07. The van der Waals surface area contributed by atoms with Crippen molar-refractivity contribution >= 4 is 5.91 Å². The van der Waals surface area contributed by atoms with Gasteiger partial charge in [-0.25, -0.2) is 0 Å². The van der Waals surface area contributed by atoms with Crippen molar-refractivity contribution in [2.45, 2.75) is 51.4 Å². The van der Waals surface area contributed by atoms with Crippen LogP contribution in [0.1, 0.15) is 51.4 Å². The zero-order valence-electron chi connectivity index (χ0n) is 12.0. The number of carbonyl (C=O) groups is 1. The Labute approximate surface area is 117 Å². The molecule has 3 nitrogen and oxygen atoms in total. The monoisotopic (exact) mass is 262 g/mol. The standard InChI is InChI=1S/C16H26N2O/c19-16-10-9-15-18(16)14-8-7-13-17-11-5-3-1-2-4-6-12-17/h1-6,9-15H2. The van der Waals surface area contributed by atoms with Crippen molar-refractivity contribution in [3.8, 4) is 11.8 Å². The highest BCUT2D eigenvalue weighted by Gasteiger charge is 2.18. The summed E-state index contributed by atoms with van der Waals surface area (Å²) in [4.78, 5) is 15.8. The molecular weight excluding hydrogens is 236 g/mol. The summed E-state index contributed by atoms with van der Waals surface area (Å²) in [6.45, 7) is 4.79. The van der Waals surface area contributed by atoms with Crippen LogP contribution in [0, 0.1) is 11.8 Å². The van der Waals surface area contributed by atoms with E-state index in [1.807, 2.05) is 4.90 Å². The first kappa shape index (κ1) is 14.4. The van der Waals surface area contributed by atoms with Gasteiger partial charge in [-0.2, -0.15) is 0 Å². The van der Waals surface area contributed by atoms with Gasteiger partial charge < -0.3 is 4.90 Å². The molecule has 2 saturated heterocycles. The third kappa shape index (κ3) is 5.24. The maximum atomic E-state index is 11.4. The summed E-state index contributed by atoms with van der Waals surface area (Å²) >= 11 is 0. The highest BCUT2D eigenvalue weighted by molar-refractivity contribution is 5.78. The Hall–Kier alpha value is -1.01. The largest absolute Gasteiger partial charge is 0.332 e. The fraction of sp³-hybridized carbons (Fsp3) is 0.812. The van der Waals surface area contributed by atoms with Crippen molar-refractivity contribution in [2.24, 2.45) is 0 Å². The molecule has 0 bridgehead atoms. The Morgan fingerprint density at radius 3 is 2.05 bits per heavy atom. The highest BCUT2D eigenvalue weighted by Crippen LogP contribution is 2.10. The Morgan fingerprint density at radius 1 is 0.789 bits per heavy atom. The molecule has 2 aliphatic rings. The number of rotatable bonds is 2. The second-order valence-electron chi connectivity index (χ2n) is 5.67. The molecular formula is C16H26N2O. The second kappa shape index (κ2) is 8.22. The molecule has 2 heterocycles. The van der Waals surface area contributed by atoms with E-state index in [1.54, 1.807) is 0 Å². The Bertz CT molecular complexity index is 332. The van der Waals surface area contributed by atoms with Crippen molar-refractivity contribution in [1.29, 1.82) is 0 Å². The van der Waals surface area contributed by atoms with Crippen molar-refractivity contribution < 1.29 is 4.79 Å². The van der Waals surface area contributed by atoms with Gasteiger partial charge in [0.2, 0.25) is 5.91 Å². The van der Waals surface area contributed by atoms with Gasteiger partial charge >= 0.3 is 0 Å². The van der Waals surface area contributed by atoms with E-state index >= 15 is 0 Å². The minimum atomic E-state index is 0.275. The summed E-state index contributed by atoms with van der Waals surface area (Å²) in [6.07, 6.45) is 9.88. The van der Waals surface area contributed by atoms with Crippen LogP contribution in [0.3, 0.4) is 0 Å². The molecule has 106 valence electrons. The van der Waals surface area contributed by atoms with Crippen LogP contribution in [0.2, 0.25) is 0 Å². The van der Waals surface area contributed by atoms with Crippen LogP contribution in [-0.4, -0.2) is 48.4 Å². The fourth-order valence-electron chi connectivity index (χ4n) is 2.84. The molecule has 0 N–H and O–H groups in total. The molecule has 0 atom stereocenters. The van der Waals surface area contributed by atoms with Crippen LogP contribution in [-0.2, 0) is 4.79 Å². The van der Waals surface area contributed by atoms with Crippen LogP contribution in [0.25, 0.3) is 0 Å². The first-order chi connectivity index (χ1) is 9.36. The lowest BCUT2D eigenvalue weighted by atomic mass is 10.1. The van der Waals surface area contributed by atoms with Crippen LogP contribution < -0.4 is 0 Å². The fourth-order valence-corrected chi connectivity index (χ4v) is 2.84. The third-order valence-electron chi connectivity index (χ3n) is 4.07. The lowest BCUT2D eigenvalue weighted by Crippen LogP contribution is -2.27. The quantitative estimate of drug-likeness (QED) is 0.713. The average Bonchev–Trinajstić information content (AvgIpc) is 2.86. The van der Waals surface area contributed by atoms with Gasteiger partial charge in [0.15, 0.2) is 0 Å². The first-order valence-corrected chi connectivity index (χ1v) is 7.82. The second-order valence-corrected chi connectivity index (χ2v) is 5.67. The number of amides is 1. The van der Waals surface area contributed by atoms with Gasteiger partial charge in [-0.05, 0) is 32.4 Å². The Balaban J connectivity index is 1.69. The van der Waals surface area contributed by atoms with E-state index < -0.39 is 0 Å². The smallest absolute Gasteiger partial charge is 0.223 e. The number of carbonyl (C=O) groups excluding carboxylic acids is 1. The molecule has 0 unspecified atom stereocenters. The van der Waals surface area contributed by atoms with E-state index in [0.29, 0.717) is 13.0 Å². The highest BCUT2D eigenvalue weighted by atomic mass is 16.2. The molecule has 19 heavy (non-hydrogen) atoms. The summed E-state index contributed by atoms with van der Waals surface area (Å²) in [5, 5.41) is 0. The molecule has 3 heteroatoms. The zero-order chi connectivity index (χ0) is 13.3. The number of nitrogens with zero attached hydrogens (tertiary/aromatic N) is 2. The number of hydrogen-bond acceptors (Lipinski definition) is 2. The molecule has 2 aliphatic heterocycles. The maximum absolute atomic E-state index is 11.4. The summed E-state index contributed by atoms with van der Waals surface area (Å²) in [6, 6.07) is 0. The maximum Gasteiger partial charge on any atom is 0.223 e. The van der Waals surface area contributed by atoms with E-state index in [1.165, 1.54) is 51.6 Å². The lowest BCUT2D eigenvalue weighted by Gasteiger charge is -2.18. The van der Waals surface area contributed by atoms with E-state index in [0.717, 1.165) is 19.5 Å². The van der Waals surface area contributed by atoms with Crippen LogP contribution in [0.4, 0.5) is 0 Å². The van der Waals surface area contributed by atoms with Crippen LogP contribution >= 0.6 is 0 Å². The predicted molar refractivity (Wildman–Crippen MR) is 77.7 cm³/mol. The van der Waals surface area contributed by atoms with Gasteiger partial charge in [0.05, 0.1) is 13.1 Å². The van der Waals surface area contributed by atoms with Gasteiger partial charge in [-0.1, -0.05) is 37.5 Å². The normalized spacial score (nSPS) is 22.3. The van der Waals surface area contributed by atoms with Gasteiger partial charge in [0.25, 0.3) is 0 Å². The van der Waals surface area contributed by atoms with Gasteiger partial charge in [-0.3, -0.25) is 9.69 Å².